The average Bonchev–Trinajstić information content (AvgIpc) is 3.07. The summed E-state index contributed by atoms with van der Waals surface area (Å²) in [6, 6.07) is 23.6. The van der Waals surface area contributed by atoms with E-state index < -0.39 is 11.7 Å². The predicted octanol–water partition coefficient (Wildman–Crippen LogP) is 6.01. The van der Waals surface area contributed by atoms with E-state index in [2.05, 4.69) is 28.1 Å². The Kier molecular flexibility index (Phi) is 6.00. The van der Waals surface area contributed by atoms with Gasteiger partial charge < -0.3 is 14.6 Å². The van der Waals surface area contributed by atoms with E-state index in [0.717, 1.165) is 34.0 Å². The maximum Gasteiger partial charge on any atom is 0.416 e. The van der Waals surface area contributed by atoms with Gasteiger partial charge in [0.25, 0.3) is 0 Å². The number of para-hydroxylation sites is 1. The van der Waals surface area contributed by atoms with Gasteiger partial charge in [-0.25, -0.2) is 0 Å². The number of hydrogen-bond donors (Lipinski definition) is 1. The minimum Gasteiger partial charge on any atom is -0.482 e. The molecule has 0 aliphatic heterocycles. The molecule has 1 N–H and O–H groups in total. The van der Waals surface area contributed by atoms with Gasteiger partial charge in [0.1, 0.15) is 0 Å². The largest absolute Gasteiger partial charge is 0.482 e. The Labute approximate surface area is 179 Å². The van der Waals surface area contributed by atoms with Crippen LogP contribution in [0.4, 0.5) is 13.2 Å². The molecule has 4 rings (SSSR count). The number of alkyl halides is 3. The maximum absolute atomic E-state index is 13.0. The molecule has 160 valence electrons. The molecule has 1 aromatic heterocycles. The van der Waals surface area contributed by atoms with Gasteiger partial charge in [0.15, 0.2) is 5.88 Å². The molecule has 0 unspecified atom stereocenters. The number of hydrogen-bond acceptors (Lipinski definition) is 2. The van der Waals surface area contributed by atoms with Crippen molar-refractivity contribution >= 4 is 10.9 Å². The van der Waals surface area contributed by atoms with Crippen LogP contribution in [0.3, 0.4) is 0 Å². The fourth-order valence-electron chi connectivity index (χ4n) is 3.87. The van der Waals surface area contributed by atoms with Crippen molar-refractivity contribution in [2.75, 3.05) is 7.11 Å². The second-order valence-electron chi connectivity index (χ2n) is 7.38. The SMILES string of the molecule is COc1c(CNCc2cccc(C(F)(F)F)c2)c2ccccc2n1Cc1ccccc1. The third-order valence-electron chi connectivity index (χ3n) is 5.29. The van der Waals surface area contributed by atoms with Gasteiger partial charge in [0, 0.05) is 24.0 Å². The van der Waals surface area contributed by atoms with E-state index in [1.807, 2.05) is 36.4 Å². The van der Waals surface area contributed by atoms with E-state index in [4.69, 9.17) is 4.74 Å². The van der Waals surface area contributed by atoms with E-state index in [-0.39, 0.29) is 0 Å². The molecule has 0 aliphatic carbocycles. The highest BCUT2D eigenvalue weighted by molar-refractivity contribution is 5.87. The number of nitrogens with one attached hydrogen (secondary N) is 1. The molecule has 31 heavy (non-hydrogen) atoms. The number of aromatic nitrogens is 1. The van der Waals surface area contributed by atoms with Crippen molar-refractivity contribution in [3.63, 3.8) is 0 Å². The molecule has 0 aliphatic rings. The van der Waals surface area contributed by atoms with Gasteiger partial charge in [0.05, 0.1) is 24.7 Å². The lowest BCUT2D eigenvalue weighted by atomic mass is 10.1. The summed E-state index contributed by atoms with van der Waals surface area (Å²) >= 11 is 0. The molecular weight excluding hydrogens is 401 g/mol. The van der Waals surface area contributed by atoms with Gasteiger partial charge in [0.2, 0.25) is 0 Å². The Morgan fingerprint density at radius 1 is 0.839 bits per heavy atom. The van der Waals surface area contributed by atoms with Crippen molar-refractivity contribution in [1.29, 1.82) is 0 Å². The van der Waals surface area contributed by atoms with Crippen LogP contribution in [-0.2, 0) is 25.8 Å². The molecule has 0 saturated carbocycles. The van der Waals surface area contributed by atoms with Crippen LogP contribution in [0.2, 0.25) is 0 Å². The molecule has 0 atom stereocenters. The highest BCUT2D eigenvalue weighted by atomic mass is 19.4. The highest BCUT2D eigenvalue weighted by Crippen LogP contribution is 2.33. The monoisotopic (exact) mass is 424 g/mol. The summed E-state index contributed by atoms with van der Waals surface area (Å²) in [5, 5.41) is 4.34. The van der Waals surface area contributed by atoms with Gasteiger partial charge in [-0.2, -0.15) is 13.2 Å². The number of rotatable bonds is 7. The summed E-state index contributed by atoms with van der Waals surface area (Å²) < 4.78 is 46.8. The molecule has 1 heterocycles. The Bertz CT molecular complexity index is 1170. The lowest BCUT2D eigenvalue weighted by Crippen LogP contribution is -2.14. The predicted molar refractivity (Wildman–Crippen MR) is 116 cm³/mol. The Morgan fingerprint density at radius 2 is 1.55 bits per heavy atom. The quantitative estimate of drug-likeness (QED) is 0.393. The summed E-state index contributed by atoms with van der Waals surface area (Å²) in [6.45, 7) is 1.46. The van der Waals surface area contributed by atoms with Gasteiger partial charge in [-0.3, -0.25) is 0 Å². The van der Waals surface area contributed by atoms with Gasteiger partial charge >= 0.3 is 6.18 Å². The molecule has 0 spiro atoms. The number of ether oxygens (including phenoxy) is 1. The fourth-order valence-corrected chi connectivity index (χ4v) is 3.87. The lowest BCUT2D eigenvalue weighted by molar-refractivity contribution is -0.137. The molecule has 0 bridgehead atoms. The van der Waals surface area contributed by atoms with E-state index >= 15 is 0 Å². The molecule has 3 nitrogen and oxygen atoms in total. The molecule has 0 fully saturated rings. The first-order valence-electron chi connectivity index (χ1n) is 10.0. The smallest absolute Gasteiger partial charge is 0.416 e. The van der Waals surface area contributed by atoms with E-state index in [0.29, 0.717) is 25.2 Å². The third kappa shape index (κ3) is 4.59. The minimum atomic E-state index is -4.34. The molecule has 6 heteroatoms. The second kappa shape index (κ2) is 8.86. The molecule has 3 aromatic carbocycles. The standard InChI is InChI=1S/C25H23F3N2O/c1-31-24-22(16-29-15-19-10-7-11-20(14-19)25(26,27)28)21-12-5-6-13-23(21)30(24)17-18-8-3-2-4-9-18/h2-14,29H,15-17H2,1H3. The van der Waals surface area contributed by atoms with Gasteiger partial charge in [-0.1, -0.05) is 66.7 Å². The first-order valence-corrected chi connectivity index (χ1v) is 10.0. The fraction of sp³-hybridized carbons (Fsp3) is 0.200. The highest BCUT2D eigenvalue weighted by Gasteiger charge is 2.30. The first-order chi connectivity index (χ1) is 15.0. The normalized spacial score (nSPS) is 11.7. The number of fused-ring (bicyclic) bond motifs is 1. The lowest BCUT2D eigenvalue weighted by Gasteiger charge is -2.12. The van der Waals surface area contributed by atoms with Crippen LogP contribution in [0.15, 0.2) is 78.9 Å². The first kappa shape index (κ1) is 21.0. The van der Waals surface area contributed by atoms with E-state index in [1.165, 1.54) is 12.1 Å². The van der Waals surface area contributed by atoms with Crippen molar-refractivity contribution in [2.24, 2.45) is 0 Å². The van der Waals surface area contributed by atoms with Crippen LogP contribution in [-0.4, -0.2) is 11.7 Å². The third-order valence-corrected chi connectivity index (χ3v) is 5.29. The van der Waals surface area contributed by atoms with Gasteiger partial charge in [-0.05, 0) is 23.3 Å². The average molecular weight is 424 g/mol. The maximum atomic E-state index is 13.0. The summed E-state index contributed by atoms with van der Waals surface area (Å²) in [5.74, 6) is 0.751. The summed E-state index contributed by atoms with van der Waals surface area (Å²) in [5.41, 5.74) is 3.15. The van der Waals surface area contributed by atoms with Crippen molar-refractivity contribution < 1.29 is 17.9 Å². The van der Waals surface area contributed by atoms with E-state index in [1.54, 1.807) is 13.2 Å². The summed E-state index contributed by atoms with van der Waals surface area (Å²) in [6.07, 6.45) is -4.34. The zero-order valence-corrected chi connectivity index (χ0v) is 17.1. The van der Waals surface area contributed by atoms with Crippen LogP contribution in [0.5, 0.6) is 5.88 Å². The number of benzene rings is 3. The second-order valence-corrected chi connectivity index (χ2v) is 7.38. The van der Waals surface area contributed by atoms with Crippen LogP contribution in [0.1, 0.15) is 22.3 Å². The Hall–Kier alpha value is -3.25. The Balaban J connectivity index is 1.59. The summed E-state index contributed by atoms with van der Waals surface area (Å²) in [7, 11) is 1.64. The number of nitrogens with zero attached hydrogens (tertiary/aromatic N) is 1. The number of methoxy groups -OCH3 is 1. The zero-order chi connectivity index (χ0) is 21.8. The van der Waals surface area contributed by atoms with Crippen molar-refractivity contribution in [3.05, 3.63) is 101 Å². The van der Waals surface area contributed by atoms with Crippen molar-refractivity contribution in [1.82, 2.24) is 9.88 Å². The van der Waals surface area contributed by atoms with Crippen LogP contribution >= 0.6 is 0 Å². The number of halogens is 3. The summed E-state index contributed by atoms with van der Waals surface area (Å²) in [4.78, 5) is 0. The van der Waals surface area contributed by atoms with Crippen LogP contribution in [0.25, 0.3) is 10.9 Å². The molecular formula is C25H23F3N2O. The van der Waals surface area contributed by atoms with Crippen LogP contribution < -0.4 is 10.1 Å². The van der Waals surface area contributed by atoms with Crippen molar-refractivity contribution in [3.8, 4) is 5.88 Å². The van der Waals surface area contributed by atoms with Crippen LogP contribution in [0, 0.1) is 0 Å². The topological polar surface area (TPSA) is 26.2 Å². The molecule has 0 saturated heterocycles. The molecule has 4 aromatic rings. The molecule has 0 amide bonds. The minimum absolute atomic E-state index is 0.325. The Morgan fingerprint density at radius 3 is 2.29 bits per heavy atom. The zero-order valence-electron chi connectivity index (χ0n) is 17.1. The van der Waals surface area contributed by atoms with Crippen molar-refractivity contribution in [2.45, 2.75) is 25.8 Å². The van der Waals surface area contributed by atoms with E-state index in [9.17, 15) is 13.2 Å². The van der Waals surface area contributed by atoms with Gasteiger partial charge in [-0.15, -0.1) is 0 Å². The molecule has 0 radical (unpaired) electrons.